The van der Waals surface area contributed by atoms with Crippen LogP contribution in [0.25, 0.3) is 0 Å². The van der Waals surface area contributed by atoms with E-state index in [2.05, 4.69) is 10.0 Å². The van der Waals surface area contributed by atoms with Crippen LogP contribution in [0.15, 0.2) is 41.3 Å². The summed E-state index contributed by atoms with van der Waals surface area (Å²) >= 11 is 0. The summed E-state index contributed by atoms with van der Waals surface area (Å²) in [5.74, 6) is -0.0858. The molecular weight excluding hydrogens is 378 g/mol. The Kier molecular flexibility index (Phi) is 5.42. The second-order valence-electron chi connectivity index (χ2n) is 6.78. The van der Waals surface area contributed by atoms with Crippen molar-refractivity contribution in [3.05, 3.63) is 47.5 Å². The third-order valence-corrected chi connectivity index (χ3v) is 6.29. The van der Waals surface area contributed by atoms with E-state index in [-0.39, 0.29) is 16.7 Å². The number of carbonyl (C=O) groups excluding carboxylic acids is 2. The van der Waals surface area contributed by atoms with Gasteiger partial charge in [-0.25, -0.2) is 8.42 Å². The van der Waals surface area contributed by atoms with E-state index >= 15 is 0 Å². The summed E-state index contributed by atoms with van der Waals surface area (Å²) in [6.45, 7) is 3.43. The first-order valence-electron chi connectivity index (χ1n) is 9.04. The molecule has 0 unspecified atom stereocenters. The highest BCUT2D eigenvalue weighted by Gasteiger charge is 2.22. The Morgan fingerprint density at radius 2 is 1.82 bits per heavy atom. The van der Waals surface area contributed by atoms with Crippen molar-refractivity contribution in [1.29, 1.82) is 0 Å². The molecule has 0 aliphatic carbocycles. The standard InChI is InChI=1S/C20H23N3O4S/c1-4-19(24)21-15-7-9-18(13(2)11-15)28(26,27)22-16-6-8-17-14(12-16)5-10-20(25)23(17)3/h6-9,11-12,22H,4-5,10H2,1-3H3,(H,21,24). The number of aryl methyl sites for hydroxylation is 2. The average Bonchev–Trinajstić information content (AvgIpc) is 2.64. The van der Waals surface area contributed by atoms with Crippen LogP contribution in [-0.4, -0.2) is 27.3 Å². The van der Waals surface area contributed by atoms with E-state index < -0.39 is 10.0 Å². The van der Waals surface area contributed by atoms with Crippen LogP contribution in [-0.2, 0) is 26.0 Å². The van der Waals surface area contributed by atoms with Crippen molar-refractivity contribution in [1.82, 2.24) is 0 Å². The van der Waals surface area contributed by atoms with Gasteiger partial charge in [-0.15, -0.1) is 0 Å². The summed E-state index contributed by atoms with van der Waals surface area (Å²) in [5, 5.41) is 2.72. The van der Waals surface area contributed by atoms with Gasteiger partial charge in [0.15, 0.2) is 0 Å². The first-order chi connectivity index (χ1) is 13.2. The van der Waals surface area contributed by atoms with Crippen LogP contribution in [0.2, 0.25) is 0 Å². The molecule has 0 atom stereocenters. The zero-order chi connectivity index (χ0) is 20.5. The van der Waals surface area contributed by atoms with Crippen LogP contribution in [0, 0.1) is 6.92 Å². The molecule has 0 saturated carbocycles. The highest BCUT2D eigenvalue weighted by Crippen LogP contribution is 2.30. The van der Waals surface area contributed by atoms with Gasteiger partial charge in [-0.1, -0.05) is 6.92 Å². The minimum absolute atomic E-state index is 0.0479. The molecule has 148 valence electrons. The number of fused-ring (bicyclic) bond motifs is 1. The van der Waals surface area contributed by atoms with Crippen LogP contribution in [0.1, 0.15) is 30.9 Å². The Bertz CT molecular complexity index is 1050. The first kappa shape index (κ1) is 19.9. The lowest BCUT2D eigenvalue weighted by Gasteiger charge is -2.26. The first-order valence-corrected chi connectivity index (χ1v) is 10.5. The zero-order valence-corrected chi connectivity index (χ0v) is 16.9. The summed E-state index contributed by atoms with van der Waals surface area (Å²) < 4.78 is 28.3. The lowest BCUT2D eigenvalue weighted by molar-refractivity contribution is -0.118. The number of amides is 2. The fourth-order valence-corrected chi connectivity index (χ4v) is 4.49. The molecule has 1 aliphatic heterocycles. The van der Waals surface area contributed by atoms with Crippen molar-refractivity contribution < 1.29 is 18.0 Å². The van der Waals surface area contributed by atoms with E-state index in [0.29, 0.717) is 36.2 Å². The molecule has 0 fully saturated rings. The van der Waals surface area contributed by atoms with Crippen LogP contribution in [0.3, 0.4) is 0 Å². The Morgan fingerprint density at radius 3 is 2.50 bits per heavy atom. The highest BCUT2D eigenvalue weighted by atomic mass is 32.2. The molecule has 3 rings (SSSR count). The number of rotatable bonds is 5. The molecule has 0 aromatic heterocycles. The van der Waals surface area contributed by atoms with Crippen LogP contribution < -0.4 is 14.9 Å². The molecule has 7 nitrogen and oxygen atoms in total. The molecule has 1 heterocycles. The maximum Gasteiger partial charge on any atom is 0.262 e. The van der Waals surface area contributed by atoms with Gasteiger partial charge in [-0.2, -0.15) is 0 Å². The second kappa shape index (κ2) is 7.63. The predicted molar refractivity (Wildman–Crippen MR) is 109 cm³/mol. The van der Waals surface area contributed by atoms with Gasteiger partial charge in [0.1, 0.15) is 0 Å². The van der Waals surface area contributed by atoms with Crippen LogP contribution in [0.4, 0.5) is 17.1 Å². The van der Waals surface area contributed by atoms with Gasteiger partial charge in [0.2, 0.25) is 11.8 Å². The van der Waals surface area contributed by atoms with Gasteiger partial charge in [0.05, 0.1) is 4.90 Å². The summed E-state index contributed by atoms with van der Waals surface area (Å²) in [7, 11) is -2.07. The van der Waals surface area contributed by atoms with E-state index in [9.17, 15) is 18.0 Å². The number of anilines is 3. The number of sulfonamides is 1. The fraction of sp³-hybridized carbons (Fsp3) is 0.300. The normalized spacial score (nSPS) is 13.8. The molecule has 0 spiro atoms. The molecule has 2 aromatic rings. The molecule has 2 amide bonds. The number of benzene rings is 2. The molecular formula is C20H23N3O4S. The maximum absolute atomic E-state index is 12.8. The number of carbonyl (C=O) groups is 2. The van der Waals surface area contributed by atoms with Crippen molar-refractivity contribution >= 4 is 38.9 Å². The summed E-state index contributed by atoms with van der Waals surface area (Å²) in [6, 6.07) is 9.85. The summed E-state index contributed by atoms with van der Waals surface area (Å²) in [4.78, 5) is 25.0. The summed E-state index contributed by atoms with van der Waals surface area (Å²) in [5.41, 5.74) is 3.27. The van der Waals surface area contributed by atoms with Gasteiger partial charge >= 0.3 is 0 Å². The summed E-state index contributed by atoms with van der Waals surface area (Å²) in [6.07, 6.45) is 1.34. The second-order valence-corrected chi connectivity index (χ2v) is 8.43. The number of hydrogen-bond donors (Lipinski definition) is 2. The molecule has 8 heteroatoms. The van der Waals surface area contributed by atoms with E-state index in [1.54, 1.807) is 56.1 Å². The maximum atomic E-state index is 12.8. The molecule has 1 aliphatic rings. The third-order valence-electron chi connectivity index (χ3n) is 4.74. The van der Waals surface area contributed by atoms with Gasteiger partial charge in [-0.05, 0) is 60.9 Å². The van der Waals surface area contributed by atoms with Gasteiger partial charge in [0.25, 0.3) is 10.0 Å². The largest absolute Gasteiger partial charge is 0.326 e. The Labute approximate surface area is 164 Å². The van der Waals surface area contributed by atoms with E-state index in [1.807, 2.05) is 0 Å². The minimum Gasteiger partial charge on any atom is -0.326 e. The van der Waals surface area contributed by atoms with Gasteiger partial charge in [0, 0.05) is 37.0 Å². The average molecular weight is 401 g/mol. The van der Waals surface area contributed by atoms with Gasteiger partial charge in [-0.3, -0.25) is 14.3 Å². The van der Waals surface area contributed by atoms with Crippen molar-refractivity contribution in [3.63, 3.8) is 0 Å². The van der Waals surface area contributed by atoms with Gasteiger partial charge < -0.3 is 10.2 Å². The Hall–Kier alpha value is -2.87. The highest BCUT2D eigenvalue weighted by molar-refractivity contribution is 7.92. The molecule has 0 bridgehead atoms. The lowest BCUT2D eigenvalue weighted by Crippen LogP contribution is -2.31. The topological polar surface area (TPSA) is 95.6 Å². The molecule has 2 N–H and O–H groups in total. The van der Waals surface area contributed by atoms with Crippen molar-refractivity contribution in [2.24, 2.45) is 0 Å². The van der Waals surface area contributed by atoms with E-state index in [4.69, 9.17) is 0 Å². The SMILES string of the molecule is CCC(=O)Nc1ccc(S(=O)(=O)Nc2ccc3c(c2)CCC(=O)N3C)c(C)c1. The number of nitrogens with zero attached hydrogens (tertiary/aromatic N) is 1. The predicted octanol–water partition coefficient (Wildman–Crippen LogP) is 3.05. The monoisotopic (exact) mass is 401 g/mol. The lowest BCUT2D eigenvalue weighted by atomic mass is 10.0. The Balaban J connectivity index is 1.84. The van der Waals surface area contributed by atoms with Crippen molar-refractivity contribution in [3.8, 4) is 0 Å². The molecule has 2 aromatic carbocycles. The van der Waals surface area contributed by atoms with E-state index in [0.717, 1.165) is 11.3 Å². The third kappa shape index (κ3) is 4.01. The molecule has 0 radical (unpaired) electrons. The fourth-order valence-electron chi connectivity index (χ4n) is 3.21. The molecule has 0 saturated heterocycles. The number of hydrogen-bond acceptors (Lipinski definition) is 4. The van der Waals surface area contributed by atoms with Crippen molar-refractivity contribution in [2.75, 3.05) is 22.0 Å². The minimum atomic E-state index is -3.79. The van der Waals surface area contributed by atoms with E-state index in [1.165, 1.54) is 6.07 Å². The van der Waals surface area contributed by atoms with Crippen LogP contribution >= 0.6 is 0 Å². The zero-order valence-electron chi connectivity index (χ0n) is 16.1. The Morgan fingerprint density at radius 1 is 1.11 bits per heavy atom. The molecule has 28 heavy (non-hydrogen) atoms. The van der Waals surface area contributed by atoms with Crippen molar-refractivity contribution in [2.45, 2.75) is 38.0 Å². The quantitative estimate of drug-likeness (QED) is 0.805. The number of nitrogens with one attached hydrogen (secondary N) is 2. The smallest absolute Gasteiger partial charge is 0.262 e. The van der Waals surface area contributed by atoms with Crippen LogP contribution in [0.5, 0.6) is 0 Å².